The minimum atomic E-state index is 0.598. The molecule has 2 rings (SSSR count). The molecular formula is C13H19ClN2. The Hall–Kier alpha value is -0.570. The Labute approximate surface area is 103 Å². The Morgan fingerprint density at radius 1 is 1.50 bits per heavy atom. The fourth-order valence-electron chi connectivity index (χ4n) is 2.23. The van der Waals surface area contributed by atoms with Gasteiger partial charge in [0, 0.05) is 37.2 Å². The zero-order valence-electron chi connectivity index (χ0n) is 9.96. The smallest absolute Gasteiger partial charge is 0.0408 e. The summed E-state index contributed by atoms with van der Waals surface area (Å²) in [6, 6.07) is 6.77. The molecular weight excluding hydrogens is 220 g/mol. The summed E-state index contributed by atoms with van der Waals surface area (Å²) in [5.74, 6) is 0. The Bertz CT molecular complexity index is 365. The summed E-state index contributed by atoms with van der Waals surface area (Å²) in [6.07, 6.45) is 0. The summed E-state index contributed by atoms with van der Waals surface area (Å²) >= 11 is 5.96. The molecule has 0 bridgehead atoms. The number of benzene rings is 1. The van der Waals surface area contributed by atoms with Crippen LogP contribution in [0.3, 0.4) is 0 Å². The van der Waals surface area contributed by atoms with E-state index in [0.717, 1.165) is 31.2 Å². The zero-order chi connectivity index (χ0) is 11.5. The van der Waals surface area contributed by atoms with Gasteiger partial charge in [-0.2, -0.15) is 0 Å². The molecule has 1 N–H and O–H groups in total. The number of piperazine rings is 1. The summed E-state index contributed by atoms with van der Waals surface area (Å²) < 4.78 is 0. The molecule has 0 unspecified atom stereocenters. The van der Waals surface area contributed by atoms with E-state index in [-0.39, 0.29) is 0 Å². The molecule has 0 aromatic heterocycles. The predicted octanol–water partition coefficient (Wildman–Crippen LogP) is 2.44. The van der Waals surface area contributed by atoms with E-state index in [9.17, 15) is 0 Å². The Morgan fingerprint density at radius 2 is 2.31 bits per heavy atom. The fourth-order valence-corrected chi connectivity index (χ4v) is 2.46. The van der Waals surface area contributed by atoms with Gasteiger partial charge in [0.15, 0.2) is 0 Å². The van der Waals surface area contributed by atoms with Gasteiger partial charge < -0.3 is 5.32 Å². The Morgan fingerprint density at radius 3 is 3.00 bits per heavy atom. The van der Waals surface area contributed by atoms with Gasteiger partial charge in [-0.25, -0.2) is 0 Å². The van der Waals surface area contributed by atoms with Gasteiger partial charge in [-0.15, -0.1) is 0 Å². The van der Waals surface area contributed by atoms with Gasteiger partial charge in [0.2, 0.25) is 0 Å². The number of hydrogen-bond acceptors (Lipinski definition) is 2. The quantitative estimate of drug-likeness (QED) is 0.852. The summed E-state index contributed by atoms with van der Waals surface area (Å²) in [7, 11) is 0. The van der Waals surface area contributed by atoms with E-state index in [1.807, 2.05) is 12.1 Å². The molecule has 1 saturated heterocycles. The van der Waals surface area contributed by atoms with Crippen molar-refractivity contribution in [1.29, 1.82) is 0 Å². The maximum Gasteiger partial charge on any atom is 0.0408 e. The van der Waals surface area contributed by atoms with Gasteiger partial charge in [-0.05, 0) is 37.1 Å². The highest BCUT2D eigenvalue weighted by atomic mass is 35.5. The van der Waals surface area contributed by atoms with Crippen molar-refractivity contribution in [1.82, 2.24) is 10.2 Å². The summed E-state index contributed by atoms with van der Waals surface area (Å²) in [5.41, 5.74) is 2.68. The lowest BCUT2D eigenvalue weighted by atomic mass is 10.1. The van der Waals surface area contributed by atoms with Gasteiger partial charge in [-0.1, -0.05) is 17.7 Å². The molecule has 2 nitrogen and oxygen atoms in total. The van der Waals surface area contributed by atoms with E-state index in [0.29, 0.717) is 6.04 Å². The second kappa shape index (κ2) is 5.17. The first-order valence-electron chi connectivity index (χ1n) is 5.86. The molecule has 88 valence electrons. The first-order chi connectivity index (χ1) is 7.65. The fraction of sp³-hybridized carbons (Fsp3) is 0.538. The highest BCUT2D eigenvalue weighted by Crippen LogP contribution is 2.17. The number of hydrogen-bond donors (Lipinski definition) is 1. The van der Waals surface area contributed by atoms with Gasteiger partial charge >= 0.3 is 0 Å². The van der Waals surface area contributed by atoms with Gasteiger partial charge in [0.25, 0.3) is 0 Å². The topological polar surface area (TPSA) is 15.3 Å². The summed E-state index contributed by atoms with van der Waals surface area (Å²) in [5, 5.41) is 4.29. The highest BCUT2D eigenvalue weighted by molar-refractivity contribution is 6.30. The van der Waals surface area contributed by atoms with Crippen LogP contribution in [0.15, 0.2) is 18.2 Å². The van der Waals surface area contributed by atoms with Crippen molar-refractivity contribution in [3.05, 3.63) is 34.3 Å². The second-order valence-corrected chi connectivity index (χ2v) is 5.10. The third-order valence-electron chi connectivity index (χ3n) is 3.15. The zero-order valence-corrected chi connectivity index (χ0v) is 10.7. The molecule has 1 aliphatic heterocycles. The van der Waals surface area contributed by atoms with Crippen LogP contribution < -0.4 is 5.32 Å². The van der Waals surface area contributed by atoms with Crippen molar-refractivity contribution in [3.8, 4) is 0 Å². The van der Waals surface area contributed by atoms with Crippen LogP contribution in [0.2, 0.25) is 5.02 Å². The molecule has 1 atom stereocenters. The minimum absolute atomic E-state index is 0.598. The average molecular weight is 239 g/mol. The molecule has 1 heterocycles. The number of halogens is 1. The van der Waals surface area contributed by atoms with E-state index >= 15 is 0 Å². The van der Waals surface area contributed by atoms with Crippen LogP contribution in [0.4, 0.5) is 0 Å². The van der Waals surface area contributed by atoms with Gasteiger partial charge in [0.1, 0.15) is 0 Å². The molecule has 3 heteroatoms. The van der Waals surface area contributed by atoms with Crippen LogP contribution in [-0.2, 0) is 6.54 Å². The van der Waals surface area contributed by atoms with E-state index in [1.165, 1.54) is 11.1 Å². The summed E-state index contributed by atoms with van der Waals surface area (Å²) in [6.45, 7) is 8.75. The van der Waals surface area contributed by atoms with E-state index < -0.39 is 0 Å². The van der Waals surface area contributed by atoms with E-state index in [1.54, 1.807) is 0 Å². The molecule has 1 aromatic carbocycles. The number of nitrogens with zero attached hydrogens (tertiary/aromatic N) is 1. The number of rotatable bonds is 2. The highest BCUT2D eigenvalue weighted by Gasteiger charge is 2.15. The van der Waals surface area contributed by atoms with Crippen molar-refractivity contribution in [2.45, 2.75) is 26.4 Å². The predicted molar refractivity (Wildman–Crippen MR) is 68.9 cm³/mol. The summed E-state index contributed by atoms with van der Waals surface area (Å²) in [4.78, 5) is 2.50. The molecule has 1 fully saturated rings. The number of nitrogens with one attached hydrogen (secondary N) is 1. The van der Waals surface area contributed by atoms with Crippen molar-refractivity contribution in [3.63, 3.8) is 0 Å². The van der Waals surface area contributed by atoms with Crippen molar-refractivity contribution in [2.75, 3.05) is 19.6 Å². The maximum absolute atomic E-state index is 5.96. The van der Waals surface area contributed by atoms with Gasteiger partial charge in [0.05, 0.1) is 0 Å². The van der Waals surface area contributed by atoms with Crippen molar-refractivity contribution >= 4 is 11.6 Å². The lowest BCUT2D eigenvalue weighted by Gasteiger charge is -2.32. The Balaban J connectivity index is 2.02. The monoisotopic (exact) mass is 238 g/mol. The molecule has 0 saturated carbocycles. The van der Waals surface area contributed by atoms with E-state index in [2.05, 4.69) is 30.1 Å². The molecule has 0 radical (unpaired) electrons. The maximum atomic E-state index is 5.96. The normalized spacial score (nSPS) is 22.3. The first-order valence-corrected chi connectivity index (χ1v) is 6.24. The number of aryl methyl sites for hydroxylation is 1. The van der Waals surface area contributed by atoms with Crippen LogP contribution in [0, 0.1) is 6.92 Å². The largest absolute Gasteiger partial charge is 0.312 e. The molecule has 0 spiro atoms. The van der Waals surface area contributed by atoms with Crippen LogP contribution in [0.5, 0.6) is 0 Å². The first kappa shape index (κ1) is 11.9. The molecule has 1 aliphatic rings. The van der Waals surface area contributed by atoms with Crippen molar-refractivity contribution < 1.29 is 0 Å². The lowest BCUT2D eigenvalue weighted by Crippen LogP contribution is -2.48. The minimum Gasteiger partial charge on any atom is -0.312 e. The van der Waals surface area contributed by atoms with Crippen LogP contribution in [0.1, 0.15) is 18.1 Å². The van der Waals surface area contributed by atoms with E-state index in [4.69, 9.17) is 11.6 Å². The second-order valence-electron chi connectivity index (χ2n) is 4.66. The SMILES string of the molecule is Cc1cc(Cl)ccc1CN1CCN[C@@H](C)C1. The van der Waals surface area contributed by atoms with Crippen LogP contribution >= 0.6 is 11.6 Å². The molecule has 0 aliphatic carbocycles. The van der Waals surface area contributed by atoms with Gasteiger partial charge in [-0.3, -0.25) is 4.90 Å². The van der Waals surface area contributed by atoms with Crippen LogP contribution in [0.25, 0.3) is 0 Å². The average Bonchev–Trinajstić information content (AvgIpc) is 2.22. The van der Waals surface area contributed by atoms with Crippen LogP contribution in [-0.4, -0.2) is 30.6 Å². The standard InChI is InChI=1S/C13H19ClN2/c1-10-7-13(14)4-3-12(10)9-16-6-5-15-11(2)8-16/h3-4,7,11,15H,5-6,8-9H2,1-2H3/t11-/m0/s1. The lowest BCUT2D eigenvalue weighted by molar-refractivity contribution is 0.199. The van der Waals surface area contributed by atoms with Crippen molar-refractivity contribution in [2.24, 2.45) is 0 Å². The molecule has 16 heavy (non-hydrogen) atoms. The molecule has 1 aromatic rings. The third kappa shape index (κ3) is 2.97. The molecule has 0 amide bonds. The third-order valence-corrected chi connectivity index (χ3v) is 3.39. The Kier molecular flexibility index (Phi) is 3.85.